The third kappa shape index (κ3) is 4.22. The van der Waals surface area contributed by atoms with Gasteiger partial charge in [0, 0.05) is 18.0 Å². The first-order valence-corrected chi connectivity index (χ1v) is 9.36. The van der Waals surface area contributed by atoms with Gasteiger partial charge in [0.05, 0.1) is 49.4 Å². The highest BCUT2D eigenvalue weighted by molar-refractivity contribution is 6.09. The molecule has 1 aromatic carbocycles. The molecular weight excluding hydrogens is 427 g/mol. The molecule has 0 saturated carbocycles. The lowest BCUT2D eigenvalue weighted by Gasteiger charge is -2.14. The van der Waals surface area contributed by atoms with Crippen LogP contribution >= 0.6 is 0 Å². The average molecular weight is 443 g/mol. The van der Waals surface area contributed by atoms with Gasteiger partial charge in [-0.3, -0.25) is 24.5 Å². The third-order valence-corrected chi connectivity index (χ3v) is 4.84. The highest BCUT2D eigenvalue weighted by Gasteiger charge is 2.32. The maximum atomic E-state index is 12.8. The predicted molar refractivity (Wildman–Crippen MR) is 106 cm³/mol. The molecule has 0 spiro atoms. The van der Waals surface area contributed by atoms with Crippen LogP contribution in [0.3, 0.4) is 0 Å². The Morgan fingerprint density at radius 3 is 2.66 bits per heavy atom. The smallest absolute Gasteiger partial charge is 0.417 e. The maximum Gasteiger partial charge on any atom is 0.417 e. The van der Waals surface area contributed by atoms with Crippen LogP contribution in [0.1, 0.15) is 37.5 Å². The molecule has 0 bridgehead atoms. The predicted octanol–water partition coefficient (Wildman–Crippen LogP) is 2.99. The molecular formula is C21H16F3N5O3. The molecule has 1 aliphatic heterocycles. The summed E-state index contributed by atoms with van der Waals surface area (Å²) in [6.07, 6.45) is -0.117. The number of nitrogens with zero attached hydrogens (tertiary/aromatic N) is 4. The van der Waals surface area contributed by atoms with Gasteiger partial charge in [0.2, 0.25) is 0 Å². The van der Waals surface area contributed by atoms with E-state index >= 15 is 0 Å². The number of fused-ring (bicyclic) bond motifs is 1. The molecule has 0 radical (unpaired) electrons. The topological polar surface area (TPSA) is 97.3 Å². The van der Waals surface area contributed by atoms with E-state index in [-0.39, 0.29) is 18.0 Å². The number of halogens is 3. The van der Waals surface area contributed by atoms with Gasteiger partial charge in [-0.2, -0.15) is 13.2 Å². The summed E-state index contributed by atoms with van der Waals surface area (Å²) < 4.78 is 43.5. The van der Waals surface area contributed by atoms with Crippen LogP contribution in [0.2, 0.25) is 0 Å². The fourth-order valence-electron chi connectivity index (χ4n) is 3.18. The van der Waals surface area contributed by atoms with E-state index < -0.39 is 17.6 Å². The molecule has 3 heterocycles. The van der Waals surface area contributed by atoms with Gasteiger partial charge in [0.15, 0.2) is 5.82 Å². The van der Waals surface area contributed by atoms with Crippen LogP contribution < -0.4 is 15.0 Å². The first-order chi connectivity index (χ1) is 15.3. The van der Waals surface area contributed by atoms with E-state index in [2.05, 4.69) is 20.3 Å². The molecule has 0 fully saturated rings. The fourth-order valence-corrected chi connectivity index (χ4v) is 3.18. The number of anilines is 1. The van der Waals surface area contributed by atoms with Crippen LogP contribution in [-0.2, 0) is 19.3 Å². The largest absolute Gasteiger partial charge is 0.497 e. The number of alkyl halides is 3. The van der Waals surface area contributed by atoms with Crippen LogP contribution in [0.25, 0.3) is 0 Å². The van der Waals surface area contributed by atoms with E-state index in [1.807, 2.05) is 0 Å². The van der Waals surface area contributed by atoms with E-state index in [9.17, 15) is 22.8 Å². The first kappa shape index (κ1) is 21.2. The van der Waals surface area contributed by atoms with Crippen molar-refractivity contribution in [2.75, 3.05) is 12.0 Å². The van der Waals surface area contributed by atoms with Crippen molar-refractivity contribution in [3.05, 3.63) is 77.0 Å². The van der Waals surface area contributed by atoms with Crippen LogP contribution in [-0.4, -0.2) is 33.9 Å². The molecule has 3 aromatic rings. The SMILES string of the molecule is COc1ccc2c(c1)CN(c1cnc(CNC(=O)c3cncc(C(F)(F)F)c3)cn1)C2=O. The minimum absolute atomic E-state index is 0.0618. The Balaban J connectivity index is 1.41. The summed E-state index contributed by atoms with van der Waals surface area (Å²) in [6, 6.07) is 5.91. The number of amides is 2. The molecule has 0 saturated heterocycles. The summed E-state index contributed by atoms with van der Waals surface area (Å²) in [5, 5.41) is 2.48. The van der Waals surface area contributed by atoms with E-state index in [0.29, 0.717) is 35.6 Å². The van der Waals surface area contributed by atoms with Crippen LogP contribution in [0.4, 0.5) is 19.0 Å². The van der Waals surface area contributed by atoms with Gasteiger partial charge in [0.25, 0.3) is 11.8 Å². The molecule has 2 amide bonds. The molecule has 11 heteroatoms. The number of carbonyl (C=O) groups excluding carboxylic acids is 2. The molecule has 2 aromatic heterocycles. The van der Waals surface area contributed by atoms with E-state index in [4.69, 9.17) is 4.74 Å². The van der Waals surface area contributed by atoms with Gasteiger partial charge in [-0.15, -0.1) is 0 Å². The molecule has 4 rings (SSSR count). The van der Waals surface area contributed by atoms with Crippen molar-refractivity contribution in [2.45, 2.75) is 19.3 Å². The molecule has 8 nitrogen and oxygen atoms in total. The van der Waals surface area contributed by atoms with Crippen molar-refractivity contribution < 1.29 is 27.5 Å². The van der Waals surface area contributed by atoms with Gasteiger partial charge in [-0.25, -0.2) is 4.98 Å². The third-order valence-electron chi connectivity index (χ3n) is 4.84. The number of hydrogen-bond donors (Lipinski definition) is 1. The van der Waals surface area contributed by atoms with Crippen molar-refractivity contribution in [3.8, 4) is 5.75 Å². The van der Waals surface area contributed by atoms with Crippen molar-refractivity contribution in [1.82, 2.24) is 20.3 Å². The summed E-state index contributed by atoms with van der Waals surface area (Å²) in [6.45, 7) is 0.256. The second-order valence-corrected chi connectivity index (χ2v) is 6.92. The Hall–Kier alpha value is -4.02. The van der Waals surface area contributed by atoms with Gasteiger partial charge >= 0.3 is 6.18 Å². The summed E-state index contributed by atoms with van der Waals surface area (Å²) in [7, 11) is 1.54. The van der Waals surface area contributed by atoms with Crippen molar-refractivity contribution >= 4 is 17.6 Å². The highest BCUT2D eigenvalue weighted by Crippen LogP contribution is 2.30. The van der Waals surface area contributed by atoms with Crippen LogP contribution in [0.5, 0.6) is 5.75 Å². The highest BCUT2D eigenvalue weighted by atomic mass is 19.4. The normalized spacial score (nSPS) is 13.1. The molecule has 1 N–H and O–H groups in total. The summed E-state index contributed by atoms with van der Waals surface area (Å²) >= 11 is 0. The Labute approximate surface area is 180 Å². The van der Waals surface area contributed by atoms with Crippen LogP contribution in [0, 0.1) is 0 Å². The van der Waals surface area contributed by atoms with E-state index in [1.165, 1.54) is 17.3 Å². The zero-order valence-corrected chi connectivity index (χ0v) is 16.7. The quantitative estimate of drug-likeness (QED) is 0.651. The Morgan fingerprint density at radius 2 is 1.97 bits per heavy atom. The molecule has 0 atom stereocenters. The molecule has 164 valence electrons. The summed E-state index contributed by atoms with van der Waals surface area (Å²) in [5.41, 5.74) is 0.497. The second-order valence-electron chi connectivity index (χ2n) is 6.92. The zero-order valence-electron chi connectivity index (χ0n) is 16.7. The number of rotatable bonds is 5. The zero-order chi connectivity index (χ0) is 22.9. The van der Waals surface area contributed by atoms with Crippen LogP contribution in [0.15, 0.2) is 49.1 Å². The monoisotopic (exact) mass is 443 g/mol. The summed E-state index contributed by atoms with van der Waals surface area (Å²) in [5.74, 6) is 0.0394. The molecule has 0 aliphatic carbocycles. The standard InChI is InChI=1S/C21H16F3N5O3/c1-32-16-2-3-17-13(5-16)11-29(20(17)31)18-10-26-15(8-27-18)9-28-19(30)12-4-14(7-25-6-12)21(22,23)24/h2-8,10H,9,11H2,1H3,(H,28,30). The minimum Gasteiger partial charge on any atom is -0.497 e. The van der Waals surface area contributed by atoms with Gasteiger partial charge in [-0.05, 0) is 29.8 Å². The van der Waals surface area contributed by atoms with Gasteiger partial charge in [0.1, 0.15) is 5.75 Å². The number of nitrogens with one attached hydrogen (secondary N) is 1. The lowest BCUT2D eigenvalue weighted by molar-refractivity contribution is -0.137. The Bertz CT molecular complexity index is 1180. The van der Waals surface area contributed by atoms with E-state index in [0.717, 1.165) is 17.8 Å². The Morgan fingerprint density at radius 1 is 1.16 bits per heavy atom. The second kappa shape index (κ2) is 8.25. The molecule has 32 heavy (non-hydrogen) atoms. The average Bonchev–Trinajstić information content (AvgIpc) is 3.13. The summed E-state index contributed by atoms with van der Waals surface area (Å²) in [4.78, 5) is 38.1. The number of ether oxygens (including phenoxy) is 1. The lowest BCUT2D eigenvalue weighted by atomic mass is 10.1. The van der Waals surface area contributed by atoms with E-state index in [1.54, 1.807) is 25.3 Å². The van der Waals surface area contributed by atoms with Crippen molar-refractivity contribution in [1.29, 1.82) is 0 Å². The number of hydrogen-bond acceptors (Lipinski definition) is 6. The number of methoxy groups -OCH3 is 1. The number of carbonyl (C=O) groups is 2. The van der Waals surface area contributed by atoms with Crippen molar-refractivity contribution in [3.63, 3.8) is 0 Å². The van der Waals surface area contributed by atoms with Gasteiger partial charge in [-0.1, -0.05) is 0 Å². The Kier molecular flexibility index (Phi) is 5.47. The number of pyridine rings is 1. The minimum atomic E-state index is -4.59. The first-order valence-electron chi connectivity index (χ1n) is 9.36. The molecule has 1 aliphatic rings. The fraction of sp³-hybridized carbons (Fsp3) is 0.190. The molecule has 0 unspecified atom stereocenters. The number of aromatic nitrogens is 3. The number of benzene rings is 1. The maximum absolute atomic E-state index is 12.8. The lowest BCUT2D eigenvalue weighted by Crippen LogP contribution is -2.26. The van der Waals surface area contributed by atoms with Gasteiger partial charge < -0.3 is 10.1 Å². The van der Waals surface area contributed by atoms with Crippen molar-refractivity contribution in [2.24, 2.45) is 0 Å².